The number of furan rings is 1. The van der Waals surface area contributed by atoms with Crippen molar-refractivity contribution >= 4 is 5.91 Å². The number of aromatic nitrogens is 1. The Bertz CT molecular complexity index is 797. The van der Waals surface area contributed by atoms with Crippen molar-refractivity contribution in [1.29, 1.82) is 0 Å². The summed E-state index contributed by atoms with van der Waals surface area (Å²) < 4.78 is 7.24. The second-order valence-electron chi connectivity index (χ2n) is 5.74. The summed E-state index contributed by atoms with van der Waals surface area (Å²) in [6.45, 7) is 4.19. The molecule has 3 rings (SSSR count). The molecule has 1 aromatic carbocycles. The number of hydrogen-bond acceptors (Lipinski definition) is 3. The number of aryl methyl sites for hydroxylation is 2. The highest BCUT2D eigenvalue weighted by Gasteiger charge is 2.13. The molecule has 0 spiro atoms. The average molecular weight is 324 g/mol. The van der Waals surface area contributed by atoms with Crippen molar-refractivity contribution in [1.82, 2.24) is 9.88 Å². The first-order valence-electron chi connectivity index (χ1n) is 7.81. The van der Waals surface area contributed by atoms with E-state index in [1.54, 1.807) is 24.3 Å². The minimum atomic E-state index is -0.853. The van der Waals surface area contributed by atoms with E-state index in [4.69, 9.17) is 4.42 Å². The van der Waals surface area contributed by atoms with Crippen molar-refractivity contribution in [2.24, 2.45) is 0 Å². The quantitative estimate of drug-likeness (QED) is 0.757. The predicted octanol–water partition coefficient (Wildman–Crippen LogP) is 3.15. The molecule has 2 N–H and O–H groups in total. The SMILES string of the molecule is Cc1ccc(C)n1-c1ccc(C(=O)NCC(O)c2ccco2)cc1. The Hall–Kier alpha value is -2.79. The van der Waals surface area contributed by atoms with Gasteiger partial charge in [-0.25, -0.2) is 0 Å². The van der Waals surface area contributed by atoms with Crippen molar-refractivity contribution in [3.8, 4) is 5.69 Å². The van der Waals surface area contributed by atoms with Crippen molar-refractivity contribution < 1.29 is 14.3 Å². The third-order valence-electron chi connectivity index (χ3n) is 3.99. The summed E-state index contributed by atoms with van der Waals surface area (Å²) in [7, 11) is 0. The molecule has 0 aliphatic rings. The molecule has 0 saturated carbocycles. The Labute approximate surface area is 140 Å². The van der Waals surface area contributed by atoms with Crippen LogP contribution in [0.3, 0.4) is 0 Å². The molecular formula is C19H20N2O3. The van der Waals surface area contributed by atoms with Crippen molar-refractivity contribution in [2.45, 2.75) is 20.0 Å². The highest BCUT2D eigenvalue weighted by Crippen LogP contribution is 2.17. The largest absolute Gasteiger partial charge is 0.467 e. The van der Waals surface area contributed by atoms with Crippen molar-refractivity contribution in [3.63, 3.8) is 0 Å². The zero-order valence-electron chi connectivity index (χ0n) is 13.7. The zero-order valence-corrected chi connectivity index (χ0v) is 13.7. The monoisotopic (exact) mass is 324 g/mol. The van der Waals surface area contributed by atoms with Gasteiger partial charge in [-0.3, -0.25) is 4.79 Å². The van der Waals surface area contributed by atoms with Crippen molar-refractivity contribution in [3.05, 3.63) is 77.5 Å². The number of carbonyl (C=O) groups excluding carboxylic acids is 1. The molecule has 124 valence electrons. The molecule has 0 radical (unpaired) electrons. The molecule has 1 amide bonds. The van der Waals surface area contributed by atoms with E-state index in [2.05, 4.69) is 22.0 Å². The van der Waals surface area contributed by atoms with Gasteiger partial charge in [0.05, 0.1) is 12.8 Å². The number of benzene rings is 1. The Morgan fingerprint density at radius 1 is 1.12 bits per heavy atom. The van der Waals surface area contributed by atoms with E-state index in [1.807, 2.05) is 26.0 Å². The smallest absolute Gasteiger partial charge is 0.251 e. The summed E-state index contributed by atoms with van der Waals surface area (Å²) in [4.78, 5) is 12.2. The third kappa shape index (κ3) is 3.26. The van der Waals surface area contributed by atoms with Gasteiger partial charge in [0.15, 0.2) is 0 Å². The van der Waals surface area contributed by atoms with Crippen LogP contribution in [0.15, 0.2) is 59.2 Å². The molecule has 0 aliphatic carbocycles. The van der Waals surface area contributed by atoms with Crippen LogP contribution in [0.5, 0.6) is 0 Å². The minimum Gasteiger partial charge on any atom is -0.467 e. The van der Waals surface area contributed by atoms with Gasteiger partial charge >= 0.3 is 0 Å². The van der Waals surface area contributed by atoms with Gasteiger partial charge < -0.3 is 19.4 Å². The fraction of sp³-hybridized carbons (Fsp3) is 0.211. The van der Waals surface area contributed by atoms with E-state index >= 15 is 0 Å². The third-order valence-corrected chi connectivity index (χ3v) is 3.99. The highest BCUT2D eigenvalue weighted by atomic mass is 16.4. The van der Waals surface area contributed by atoms with Crippen LogP contribution < -0.4 is 5.32 Å². The van der Waals surface area contributed by atoms with Gasteiger partial charge in [-0.2, -0.15) is 0 Å². The number of nitrogens with one attached hydrogen (secondary N) is 1. The Balaban J connectivity index is 1.66. The molecule has 3 aromatic rings. The van der Waals surface area contributed by atoms with Gasteiger partial charge in [-0.05, 0) is 62.4 Å². The Kier molecular flexibility index (Phi) is 4.53. The second-order valence-corrected chi connectivity index (χ2v) is 5.74. The first-order valence-corrected chi connectivity index (χ1v) is 7.81. The van der Waals surface area contributed by atoms with E-state index in [0.717, 1.165) is 17.1 Å². The number of aliphatic hydroxyl groups is 1. The molecule has 0 saturated heterocycles. The lowest BCUT2D eigenvalue weighted by molar-refractivity contribution is 0.0901. The normalized spacial score (nSPS) is 12.1. The summed E-state index contributed by atoms with van der Waals surface area (Å²) in [6, 6.07) is 14.9. The summed E-state index contributed by atoms with van der Waals surface area (Å²) in [5.74, 6) is 0.206. The van der Waals surface area contributed by atoms with Gasteiger partial charge in [0, 0.05) is 22.6 Å². The van der Waals surface area contributed by atoms with E-state index < -0.39 is 6.10 Å². The molecule has 2 heterocycles. The summed E-state index contributed by atoms with van der Waals surface area (Å²) in [6.07, 6.45) is 0.637. The minimum absolute atomic E-state index is 0.101. The molecule has 1 atom stereocenters. The maximum absolute atomic E-state index is 12.2. The van der Waals surface area contributed by atoms with Crippen LogP contribution >= 0.6 is 0 Å². The highest BCUT2D eigenvalue weighted by molar-refractivity contribution is 5.94. The van der Waals surface area contributed by atoms with E-state index in [1.165, 1.54) is 6.26 Å². The lowest BCUT2D eigenvalue weighted by atomic mass is 10.2. The first-order chi connectivity index (χ1) is 11.6. The predicted molar refractivity (Wildman–Crippen MR) is 91.2 cm³/mol. The second kappa shape index (κ2) is 6.76. The maximum Gasteiger partial charge on any atom is 0.251 e. The van der Waals surface area contributed by atoms with Crippen LogP contribution in [-0.2, 0) is 0 Å². The van der Waals surface area contributed by atoms with Gasteiger partial charge in [0.2, 0.25) is 0 Å². The summed E-state index contributed by atoms with van der Waals surface area (Å²) in [5, 5.41) is 12.6. The van der Waals surface area contributed by atoms with Gasteiger partial charge in [-0.1, -0.05) is 0 Å². The van der Waals surface area contributed by atoms with Crippen molar-refractivity contribution in [2.75, 3.05) is 6.54 Å². The van der Waals surface area contributed by atoms with Gasteiger partial charge in [-0.15, -0.1) is 0 Å². The zero-order chi connectivity index (χ0) is 17.1. The van der Waals surface area contributed by atoms with Gasteiger partial charge in [0.1, 0.15) is 11.9 Å². The lowest BCUT2D eigenvalue weighted by Gasteiger charge is -2.12. The van der Waals surface area contributed by atoms with Crippen LogP contribution in [0.25, 0.3) is 5.69 Å². The molecule has 1 unspecified atom stereocenters. The van der Waals surface area contributed by atoms with E-state index in [-0.39, 0.29) is 12.5 Å². The van der Waals surface area contributed by atoms with Crippen LogP contribution in [-0.4, -0.2) is 22.1 Å². The molecule has 2 aromatic heterocycles. The van der Waals surface area contributed by atoms with Crippen LogP contribution in [0.1, 0.15) is 33.6 Å². The molecule has 0 fully saturated rings. The number of amides is 1. The number of hydrogen-bond donors (Lipinski definition) is 2. The molecular weight excluding hydrogens is 304 g/mol. The first kappa shape index (κ1) is 16.1. The number of aliphatic hydroxyl groups excluding tert-OH is 1. The fourth-order valence-corrected chi connectivity index (χ4v) is 2.71. The fourth-order valence-electron chi connectivity index (χ4n) is 2.71. The maximum atomic E-state index is 12.2. The van der Waals surface area contributed by atoms with Crippen LogP contribution in [0, 0.1) is 13.8 Å². The lowest BCUT2D eigenvalue weighted by Crippen LogP contribution is -2.28. The molecule has 24 heavy (non-hydrogen) atoms. The molecule has 5 nitrogen and oxygen atoms in total. The molecule has 0 bridgehead atoms. The Morgan fingerprint density at radius 2 is 1.79 bits per heavy atom. The van der Waals surface area contributed by atoms with Gasteiger partial charge in [0.25, 0.3) is 5.91 Å². The molecule has 0 aliphatic heterocycles. The summed E-state index contributed by atoms with van der Waals surface area (Å²) in [5.41, 5.74) is 3.85. The average Bonchev–Trinajstić information content (AvgIpc) is 3.23. The number of rotatable bonds is 5. The van der Waals surface area contributed by atoms with E-state index in [9.17, 15) is 9.90 Å². The standard InChI is InChI=1S/C19H20N2O3/c1-13-5-6-14(2)21(13)16-9-7-15(8-10-16)19(23)20-12-17(22)18-4-3-11-24-18/h3-11,17,22H,12H2,1-2H3,(H,20,23). The number of carbonyl (C=O) groups is 1. The topological polar surface area (TPSA) is 67.4 Å². The number of nitrogens with zero attached hydrogens (tertiary/aromatic N) is 1. The Morgan fingerprint density at radius 3 is 2.38 bits per heavy atom. The van der Waals surface area contributed by atoms with E-state index in [0.29, 0.717) is 11.3 Å². The van der Waals surface area contributed by atoms with Crippen LogP contribution in [0.2, 0.25) is 0 Å². The summed E-state index contributed by atoms with van der Waals surface area (Å²) >= 11 is 0. The van der Waals surface area contributed by atoms with Crippen LogP contribution in [0.4, 0.5) is 0 Å². The molecule has 5 heteroatoms.